The molecule has 0 aliphatic heterocycles. The lowest BCUT2D eigenvalue weighted by molar-refractivity contribution is -0.0367. The van der Waals surface area contributed by atoms with Crippen molar-refractivity contribution in [2.45, 2.75) is 49.2 Å². The van der Waals surface area contributed by atoms with Gasteiger partial charge in [-0.15, -0.1) is 0 Å². The van der Waals surface area contributed by atoms with Crippen LogP contribution in [0.5, 0.6) is 0 Å². The maximum atomic E-state index is 10.4. The number of hydrogen-bond donors (Lipinski definition) is 2. The first-order valence-electron chi connectivity index (χ1n) is 6.17. The van der Waals surface area contributed by atoms with Gasteiger partial charge in [-0.05, 0) is 37.7 Å². The fraction of sp³-hybridized carbons (Fsp3) is 0.571. The molecule has 0 radical (unpaired) electrons. The molecule has 0 amide bonds. The highest BCUT2D eigenvalue weighted by molar-refractivity contribution is 5.31. The summed E-state index contributed by atoms with van der Waals surface area (Å²) in [6, 6.07) is 10.5. The van der Waals surface area contributed by atoms with Crippen molar-refractivity contribution < 1.29 is 5.11 Å². The summed E-state index contributed by atoms with van der Waals surface area (Å²) in [6.07, 6.45) is 4.69. The lowest BCUT2D eigenvalue weighted by Gasteiger charge is -2.55. The van der Waals surface area contributed by atoms with E-state index in [1.54, 1.807) is 0 Å². The second-order valence-corrected chi connectivity index (χ2v) is 5.60. The fourth-order valence-electron chi connectivity index (χ4n) is 3.56. The van der Waals surface area contributed by atoms with Crippen LogP contribution in [0.4, 0.5) is 0 Å². The molecule has 2 bridgehead atoms. The first-order valence-corrected chi connectivity index (χ1v) is 6.17. The molecule has 1 aromatic rings. The second-order valence-electron chi connectivity index (χ2n) is 5.60. The highest BCUT2D eigenvalue weighted by Crippen LogP contribution is 2.52. The summed E-state index contributed by atoms with van der Waals surface area (Å²) >= 11 is 0. The number of nitrogens with two attached hydrogens (primary N) is 1. The van der Waals surface area contributed by atoms with Crippen LogP contribution in [-0.4, -0.2) is 16.7 Å². The van der Waals surface area contributed by atoms with Crippen molar-refractivity contribution in [2.24, 2.45) is 5.73 Å². The minimum Gasteiger partial charge on any atom is -0.392 e. The zero-order valence-corrected chi connectivity index (χ0v) is 9.52. The number of hydrogen-bond acceptors (Lipinski definition) is 2. The number of fused-ring (bicyclic) bond motifs is 3. The molecule has 2 nitrogen and oxygen atoms in total. The van der Waals surface area contributed by atoms with Crippen LogP contribution in [0.25, 0.3) is 0 Å². The molecule has 16 heavy (non-hydrogen) atoms. The highest BCUT2D eigenvalue weighted by Gasteiger charge is 2.53. The van der Waals surface area contributed by atoms with Crippen molar-refractivity contribution in [3.05, 3.63) is 35.9 Å². The van der Waals surface area contributed by atoms with Crippen LogP contribution in [-0.2, 0) is 5.41 Å². The van der Waals surface area contributed by atoms with Gasteiger partial charge in [-0.1, -0.05) is 30.3 Å². The van der Waals surface area contributed by atoms with Crippen molar-refractivity contribution >= 4 is 0 Å². The SMILES string of the molecule is NC12CCC(c3ccccc3)(CC1)C(O)C2. The van der Waals surface area contributed by atoms with Gasteiger partial charge in [-0.25, -0.2) is 0 Å². The summed E-state index contributed by atoms with van der Waals surface area (Å²) in [5.41, 5.74) is 7.46. The Kier molecular flexibility index (Phi) is 2.13. The quantitative estimate of drug-likeness (QED) is 0.755. The van der Waals surface area contributed by atoms with Crippen LogP contribution < -0.4 is 5.73 Å². The van der Waals surface area contributed by atoms with E-state index in [2.05, 4.69) is 24.3 Å². The summed E-state index contributed by atoms with van der Waals surface area (Å²) < 4.78 is 0. The van der Waals surface area contributed by atoms with Gasteiger partial charge in [-0.2, -0.15) is 0 Å². The van der Waals surface area contributed by atoms with Crippen LogP contribution in [0.15, 0.2) is 30.3 Å². The molecule has 3 N–H and O–H groups in total. The van der Waals surface area contributed by atoms with Crippen LogP contribution in [0.3, 0.4) is 0 Å². The van der Waals surface area contributed by atoms with E-state index in [0.29, 0.717) is 0 Å². The normalized spacial score (nSPS) is 42.2. The topological polar surface area (TPSA) is 46.2 Å². The summed E-state index contributed by atoms with van der Waals surface area (Å²) in [5.74, 6) is 0. The van der Waals surface area contributed by atoms with E-state index in [-0.39, 0.29) is 17.1 Å². The third kappa shape index (κ3) is 1.33. The lowest BCUT2D eigenvalue weighted by atomic mass is 9.54. The summed E-state index contributed by atoms with van der Waals surface area (Å²) in [6.45, 7) is 0. The monoisotopic (exact) mass is 217 g/mol. The maximum Gasteiger partial charge on any atom is 0.0654 e. The minimum atomic E-state index is -0.262. The van der Waals surface area contributed by atoms with Crippen LogP contribution in [0.2, 0.25) is 0 Å². The van der Waals surface area contributed by atoms with Gasteiger partial charge in [0.25, 0.3) is 0 Å². The minimum absolute atomic E-state index is 0.0115. The summed E-state index contributed by atoms with van der Waals surface area (Å²) in [4.78, 5) is 0. The molecule has 1 unspecified atom stereocenters. The van der Waals surface area contributed by atoms with Gasteiger partial charge in [0.05, 0.1) is 6.10 Å². The Hall–Kier alpha value is -0.860. The van der Waals surface area contributed by atoms with Gasteiger partial charge >= 0.3 is 0 Å². The average Bonchev–Trinajstić information content (AvgIpc) is 2.30. The third-order valence-electron chi connectivity index (χ3n) is 4.72. The third-order valence-corrected chi connectivity index (χ3v) is 4.72. The van der Waals surface area contributed by atoms with Crippen molar-refractivity contribution in [1.82, 2.24) is 0 Å². The molecule has 0 saturated heterocycles. The standard InChI is InChI=1S/C14H19NO/c15-13-6-8-14(9-7-13,12(16)10-13)11-4-2-1-3-5-11/h1-5,12,16H,6-10,15H2. The molecular formula is C14H19NO. The molecule has 3 aliphatic carbocycles. The van der Waals surface area contributed by atoms with E-state index in [0.717, 1.165) is 32.1 Å². The van der Waals surface area contributed by atoms with Gasteiger partial charge in [0.1, 0.15) is 0 Å². The molecule has 1 atom stereocenters. The predicted molar refractivity (Wildman–Crippen MR) is 64.1 cm³/mol. The second kappa shape index (κ2) is 3.31. The molecule has 0 aromatic heterocycles. The average molecular weight is 217 g/mol. The van der Waals surface area contributed by atoms with E-state index in [4.69, 9.17) is 5.73 Å². The van der Waals surface area contributed by atoms with Gasteiger partial charge in [0.2, 0.25) is 0 Å². The Bertz CT molecular complexity index is 379. The Morgan fingerprint density at radius 3 is 2.25 bits per heavy atom. The highest BCUT2D eigenvalue weighted by atomic mass is 16.3. The Morgan fingerprint density at radius 2 is 1.69 bits per heavy atom. The van der Waals surface area contributed by atoms with E-state index in [1.807, 2.05) is 6.07 Å². The lowest BCUT2D eigenvalue weighted by Crippen LogP contribution is -2.60. The largest absolute Gasteiger partial charge is 0.392 e. The molecule has 86 valence electrons. The maximum absolute atomic E-state index is 10.4. The van der Waals surface area contributed by atoms with Gasteiger partial charge < -0.3 is 10.8 Å². The Balaban J connectivity index is 2.00. The fourth-order valence-corrected chi connectivity index (χ4v) is 3.56. The molecule has 3 aliphatic rings. The van der Waals surface area contributed by atoms with E-state index < -0.39 is 0 Å². The molecular weight excluding hydrogens is 198 g/mol. The van der Waals surface area contributed by atoms with Crippen molar-refractivity contribution in [3.8, 4) is 0 Å². The number of aliphatic hydroxyl groups excluding tert-OH is 1. The molecule has 3 saturated carbocycles. The number of aliphatic hydroxyl groups is 1. The number of benzene rings is 1. The smallest absolute Gasteiger partial charge is 0.0654 e. The van der Waals surface area contributed by atoms with E-state index in [9.17, 15) is 5.11 Å². The molecule has 1 aromatic carbocycles. The molecule has 2 heteroatoms. The van der Waals surface area contributed by atoms with Crippen LogP contribution in [0.1, 0.15) is 37.7 Å². The summed E-state index contributed by atoms with van der Waals surface area (Å²) in [5, 5.41) is 10.4. The first kappa shape index (κ1) is 10.3. The molecule has 0 heterocycles. The molecule has 3 fully saturated rings. The van der Waals surface area contributed by atoms with Crippen LogP contribution >= 0.6 is 0 Å². The van der Waals surface area contributed by atoms with E-state index >= 15 is 0 Å². The zero-order chi connectivity index (χ0) is 11.2. The van der Waals surface area contributed by atoms with Gasteiger partial charge in [0.15, 0.2) is 0 Å². The van der Waals surface area contributed by atoms with Crippen molar-refractivity contribution in [2.75, 3.05) is 0 Å². The molecule has 4 rings (SSSR count). The van der Waals surface area contributed by atoms with Crippen LogP contribution in [0, 0.1) is 0 Å². The molecule has 0 spiro atoms. The Morgan fingerprint density at radius 1 is 1.06 bits per heavy atom. The Labute approximate surface area is 96.5 Å². The first-order chi connectivity index (χ1) is 7.65. The van der Waals surface area contributed by atoms with E-state index in [1.165, 1.54) is 5.56 Å². The van der Waals surface area contributed by atoms with Crippen molar-refractivity contribution in [3.63, 3.8) is 0 Å². The van der Waals surface area contributed by atoms with Gasteiger partial charge in [0, 0.05) is 11.0 Å². The predicted octanol–water partition coefficient (Wildman–Crippen LogP) is 1.96. The van der Waals surface area contributed by atoms with Crippen molar-refractivity contribution in [1.29, 1.82) is 0 Å². The zero-order valence-electron chi connectivity index (χ0n) is 9.52. The number of rotatable bonds is 1. The summed E-state index contributed by atoms with van der Waals surface area (Å²) in [7, 11) is 0. The van der Waals surface area contributed by atoms with Gasteiger partial charge in [-0.3, -0.25) is 0 Å².